The van der Waals surface area contributed by atoms with E-state index in [1.54, 1.807) is 7.11 Å². The van der Waals surface area contributed by atoms with Gasteiger partial charge in [-0.3, -0.25) is 5.43 Å². The number of rotatable bonds is 8. The maximum atomic E-state index is 10.5. The molecule has 0 unspecified atom stereocenters. The Labute approximate surface area is 152 Å². The first kappa shape index (κ1) is 20.2. The number of hydrazone groups is 1. The van der Waals surface area contributed by atoms with Crippen LogP contribution in [0.3, 0.4) is 0 Å². The molecule has 0 fully saturated rings. The second-order valence-corrected chi connectivity index (χ2v) is 6.72. The summed E-state index contributed by atoms with van der Waals surface area (Å²) in [5.41, 5.74) is 5.37. The van der Waals surface area contributed by atoms with Crippen LogP contribution >= 0.6 is 24.0 Å². The molecule has 0 radical (unpaired) electrons. The van der Waals surface area contributed by atoms with Gasteiger partial charge in [-0.2, -0.15) is 16.9 Å². The van der Waals surface area contributed by atoms with Crippen LogP contribution in [0.15, 0.2) is 23.3 Å². The zero-order valence-corrected chi connectivity index (χ0v) is 15.8. The number of carbonyl (C=O) groups excluding carboxylic acids is 1. The van der Waals surface area contributed by atoms with Gasteiger partial charge in [0.2, 0.25) is 0 Å². The van der Waals surface area contributed by atoms with Crippen molar-refractivity contribution in [3.05, 3.63) is 29.3 Å². The lowest BCUT2D eigenvalue weighted by atomic mass is 10.1. The number of aliphatic carboxylic acids is 1. The minimum atomic E-state index is -1.08. The summed E-state index contributed by atoms with van der Waals surface area (Å²) in [7, 11) is 1.58. The summed E-state index contributed by atoms with van der Waals surface area (Å²) >= 11 is 6.39. The lowest BCUT2D eigenvalue weighted by Gasteiger charge is -2.12. The average Bonchev–Trinajstić information content (AvgIpc) is 2.51. The van der Waals surface area contributed by atoms with E-state index in [1.165, 1.54) is 11.8 Å². The Balaban J connectivity index is 2.83. The van der Waals surface area contributed by atoms with Gasteiger partial charge >= 0.3 is 0 Å². The maximum absolute atomic E-state index is 10.5. The number of carboxylic acid groups (broad SMARTS) is 1. The van der Waals surface area contributed by atoms with Gasteiger partial charge in [0.15, 0.2) is 5.11 Å². The lowest BCUT2D eigenvalue weighted by molar-refractivity contribution is -0.301. The number of hydrogen-bond acceptors (Lipinski definition) is 6. The van der Waals surface area contributed by atoms with Crippen molar-refractivity contribution in [2.24, 2.45) is 5.10 Å². The number of thioether (sulfide) groups is 1. The van der Waals surface area contributed by atoms with Gasteiger partial charge in [0.05, 0.1) is 18.8 Å². The van der Waals surface area contributed by atoms with Gasteiger partial charge in [0.1, 0.15) is 5.75 Å². The first-order chi connectivity index (χ1) is 11.3. The van der Waals surface area contributed by atoms with Gasteiger partial charge in [0.25, 0.3) is 0 Å². The predicted molar refractivity (Wildman–Crippen MR) is 100 cm³/mol. The summed E-state index contributed by atoms with van der Waals surface area (Å²) in [6, 6.07) is 5.90. The van der Waals surface area contributed by atoms with Gasteiger partial charge < -0.3 is 20.0 Å². The van der Waals surface area contributed by atoms with E-state index in [4.69, 9.17) is 17.0 Å². The van der Waals surface area contributed by atoms with Crippen LogP contribution in [0.2, 0.25) is 0 Å². The summed E-state index contributed by atoms with van der Waals surface area (Å²) < 4.78 is 5.32. The van der Waals surface area contributed by atoms with Crippen molar-refractivity contribution in [1.29, 1.82) is 0 Å². The quantitative estimate of drug-likeness (QED) is 0.406. The first-order valence-corrected chi connectivity index (χ1v) is 8.95. The van der Waals surface area contributed by atoms with Gasteiger partial charge in [-0.05, 0) is 56.8 Å². The van der Waals surface area contributed by atoms with E-state index < -0.39 is 5.97 Å². The van der Waals surface area contributed by atoms with Crippen LogP contribution in [0.1, 0.15) is 31.9 Å². The van der Waals surface area contributed by atoms with E-state index in [-0.39, 0.29) is 11.8 Å². The Morgan fingerprint density at radius 3 is 2.75 bits per heavy atom. The van der Waals surface area contributed by atoms with Crippen molar-refractivity contribution in [3.63, 3.8) is 0 Å². The van der Waals surface area contributed by atoms with E-state index >= 15 is 0 Å². The zero-order valence-electron chi connectivity index (χ0n) is 14.2. The largest absolute Gasteiger partial charge is 0.549 e. The highest BCUT2D eigenvalue weighted by Gasteiger charge is 2.07. The van der Waals surface area contributed by atoms with Crippen LogP contribution in [0.4, 0.5) is 0 Å². The molecular formula is C16H22N3O3S2-. The Kier molecular flexibility index (Phi) is 8.56. The van der Waals surface area contributed by atoms with E-state index in [2.05, 4.69) is 15.8 Å². The van der Waals surface area contributed by atoms with Crippen LogP contribution in [0.5, 0.6) is 5.75 Å². The van der Waals surface area contributed by atoms with Crippen LogP contribution in [0.25, 0.3) is 0 Å². The van der Waals surface area contributed by atoms with Crippen LogP contribution in [-0.2, 0) is 10.5 Å². The number of carbonyl (C=O) groups is 1. The molecule has 132 valence electrons. The number of carboxylic acids is 1. The fourth-order valence-electron chi connectivity index (χ4n) is 1.85. The summed E-state index contributed by atoms with van der Waals surface area (Å²) in [4.78, 5) is 10.5. The molecule has 0 aliphatic carbocycles. The van der Waals surface area contributed by atoms with Crippen molar-refractivity contribution < 1.29 is 14.6 Å². The topological polar surface area (TPSA) is 85.8 Å². The average molecular weight is 369 g/mol. The molecule has 0 atom stereocenters. The molecule has 8 heteroatoms. The van der Waals surface area contributed by atoms with Crippen molar-refractivity contribution in [2.75, 3.05) is 12.9 Å². The minimum Gasteiger partial charge on any atom is -0.549 e. The third kappa shape index (κ3) is 7.18. The molecule has 6 nitrogen and oxygen atoms in total. The summed E-state index contributed by atoms with van der Waals surface area (Å²) in [6.45, 7) is 5.85. The third-order valence-corrected chi connectivity index (χ3v) is 4.08. The summed E-state index contributed by atoms with van der Waals surface area (Å²) in [5, 5.41) is 18.3. The van der Waals surface area contributed by atoms with Crippen LogP contribution in [0, 0.1) is 0 Å². The molecule has 0 saturated carbocycles. The molecule has 0 spiro atoms. The number of methoxy groups -OCH3 is 1. The second-order valence-electron chi connectivity index (χ2n) is 5.33. The number of hydrogen-bond donors (Lipinski definition) is 2. The molecular weight excluding hydrogens is 346 g/mol. The summed E-state index contributed by atoms with van der Waals surface area (Å²) in [6.07, 6.45) is 0. The Morgan fingerprint density at radius 1 is 1.46 bits per heavy atom. The number of benzene rings is 1. The monoisotopic (exact) mass is 368 g/mol. The molecule has 0 heterocycles. The minimum absolute atomic E-state index is 0.0584. The van der Waals surface area contributed by atoms with E-state index in [0.29, 0.717) is 16.6 Å². The normalized spacial score (nSPS) is 11.3. The number of nitrogens with one attached hydrogen (secondary N) is 2. The third-order valence-electron chi connectivity index (χ3n) is 2.92. The van der Waals surface area contributed by atoms with Crippen LogP contribution in [-0.4, -0.2) is 35.7 Å². The maximum Gasteiger partial charge on any atom is 0.187 e. The molecule has 1 rings (SSSR count). The van der Waals surface area contributed by atoms with Crippen molar-refractivity contribution in [3.8, 4) is 5.75 Å². The molecule has 0 amide bonds. The van der Waals surface area contributed by atoms with Crippen molar-refractivity contribution in [1.82, 2.24) is 10.7 Å². The highest BCUT2D eigenvalue weighted by molar-refractivity contribution is 7.99. The van der Waals surface area contributed by atoms with E-state index in [0.717, 1.165) is 16.8 Å². The molecule has 0 aliphatic heterocycles. The Morgan fingerprint density at radius 2 is 2.17 bits per heavy atom. The van der Waals surface area contributed by atoms with Crippen LogP contribution < -0.4 is 20.6 Å². The summed E-state index contributed by atoms with van der Waals surface area (Å²) in [5.74, 6) is 0.0847. The van der Waals surface area contributed by atoms with Crippen molar-refractivity contribution in [2.45, 2.75) is 32.6 Å². The Hall–Kier alpha value is -1.80. The molecule has 0 aromatic heterocycles. The fourth-order valence-corrected chi connectivity index (χ4v) is 2.85. The molecule has 1 aromatic carbocycles. The SMILES string of the molecule is COc1ccc(/C(C)=N\NC(=S)NC(C)C)cc1CSCC(=O)[O-]. The standard InChI is InChI=1S/C16H23N3O3S2/c1-10(2)17-16(23)19-18-11(3)12-5-6-14(22-4)13(7-12)8-24-9-15(20)21/h5-7,10H,8-9H2,1-4H3,(H,20,21)(H2,17,19,23)/p-1/b18-11-. The second kappa shape index (κ2) is 10.1. The zero-order chi connectivity index (χ0) is 18.1. The molecule has 2 N–H and O–H groups in total. The molecule has 0 bridgehead atoms. The Bertz CT molecular complexity index is 619. The molecule has 1 aromatic rings. The molecule has 24 heavy (non-hydrogen) atoms. The van der Waals surface area contributed by atoms with Gasteiger partial charge in [-0.25, -0.2) is 0 Å². The molecule has 0 saturated heterocycles. The van der Waals surface area contributed by atoms with Crippen molar-refractivity contribution >= 4 is 40.8 Å². The van der Waals surface area contributed by atoms with E-state index in [9.17, 15) is 9.90 Å². The van der Waals surface area contributed by atoms with E-state index in [1.807, 2.05) is 39.0 Å². The predicted octanol–water partition coefficient (Wildman–Crippen LogP) is 1.27. The number of thiocarbonyl (C=S) groups is 1. The highest BCUT2D eigenvalue weighted by atomic mass is 32.2. The smallest absolute Gasteiger partial charge is 0.187 e. The van der Waals surface area contributed by atoms with Gasteiger partial charge in [-0.15, -0.1) is 0 Å². The molecule has 0 aliphatic rings. The number of nitrogens with zero attached hydrogens (tertiary/aromatic N) is 1. The fraction of sp³-hybridized carbons (Fsp3) is 0.438. The number of ether oxygens (including phenoxy) is 1. The van der Waals surface area contributed by atoms with Gasteiger partial charge in [0, 0.05) is 23.1 Å². The van der Waals surface area contributed by atoms with Gasteiger partial charge in [-0.1, -0.05) is 0 Å². The lowest BCUT2D eigenvalue weighted by Crippen LogP contribution is -2.37. The highest BCUT2D eigenvalue weighted by Crippen LogP contribution is 2.24. The first-order valence-electron chi connectivity index (χ1n) is 7.39.